The maximum Gasteiger partial charge on any atom is 0.387 e. The fourth-order valence-corrected chi connectivity index (χ4v) is 2.02. The Labute approximate surface area is 156 Å². The number of carbonyl (C=O) groups excluding carboxylic acids is 3. The predicted octanol–water partition coefficient (Wildman–Crippen LogP) is 2.72. The smallest absolute Gasteiger partial charge is 0.387 e. The van der Waals surface area contributed by atoms with Crippen LogP contribution in [0.5, 0.6) is 5.75 Å². The number of hydrogen-bond acceptors (Lipinski definition) is 5. The summed E-state index contributed by atoms with van der Waals surface area (Å²) < 4.78 is 59.0. The van der Waals surface area contributed by atoms with Crippen LogP contribution >= 0.6 is 0 Å². The topological polar surface area (TPSA) is 81.7 Å². The van der Waals surface area contributed by atoms with E-state index >= 15 is 0 Å². The van der Waals surface area contributed by atoms with Crippen LogP contribution in [0.15, 0.2) is 42.5 Å². The van der Waals surface area contributed by atoms with Gasteiger partial charge in [-0.25, -0.2) is 8.78 Å². The molecule has 0 radical (unpaired) electrons. The van der Waals surface area contributed by atoms with E-state index in [1.165, 1.54) is 18.2 Å². The largest absolute Gasteiger partial charge is 0.456 e. The summed E-state index contributed by atoms with van der Waals surface area (Å²) in [5.74, 6) is -5.08. The number of carbonyl (C=O) groups is 3. The number of hydrogen-bond donors (Lipinski definition) is 1. The second kappa shape index (κ2) is 9.49. The molecule has 148 valence electrons. The lowest BCUT2D eigenvalue weighted by Gasteiger charge is -2.08. The number of amides is 1. The van der Waals surface area contributed by atoms with Crippen LogP contribution in [0.2, 0.25) is 0 Å². The van der Waals surface area contributed by atoms with Crippen molar-refractivity contribution < 1.29 is 41.4 Å². The quantitative estimate of drug-likeness (QED) is 0.419. The molecule has 0 aliphatic carbocycles. The molecule has 0 saturated heterocycles. The molecule has 2 aromatic rings. The van der Waals surface area contributed by atoms with Gasteiger partial charge in [-0.15, -0.1) is 0 Å². The number of rotatable bonds is 8. The number of benzene rings is 2. The lowest BCUT2D eigenvalue weighted by atomic mass is 10.1. The minimum Gasteiger partial charge on any atom is -0.456 e. The molecule has 0 fully saturated rings. The molecule has 2 aromatic carbocycles. The highest BCUT2D eigenvalue weighted by Gasteiger charge is 2.14. The Morgan fingerprint density at radius 1 is 0.964 bits per heavy atom. The molecule has 0 bridgehead atoms. The molecule has 0 aromatic heterocycles. The Bertz CT molecular complexity index is 888. The van der Waals surface area contributed by atoms with Crippen molar-refractivity contribution in [3.63, 3.8) is 0 Å². The van der Waals surface area contributed by atoms with Crippen LogP contribution in [-0.4, -0.2) is 37.4 Å². The zero-order valence-corrected chi connectivity index (χ0v) is 14.1. The third-order valence-corrected chi connectivity index (χ3v) is 3.32. The Kier molecular flexibility index (Phi) is 7.08. The highest BCUT2D eigenvalue weighted by molar-refractivity contribution is 5.99. The SMILES string of the molecule is O=C(CNC(=O)c1cccc(OC(F)F)c1)OCC(=O)c1ccc(F)c(F)c1. The Morgan fingerprint density at radius 2 is 1.71 bits per heavy atom. The van der Waals surface area contributed by atoms with Crippen molar-refractivity contribution in [3.8, 4) is 5.75 Å². The zero-order valence-electron chi connectivity index (χ0n) is 14.1. The van der Waals surface area contributed by atoms with E-state index in [4.69, 9.17) is 0 Å². The Morgan fingerprint density at radius 3 is 2.39 bits per heavy atom. The summed E-state index contributed by atoms with van der Waals surface area (Å²) in [7, 11) is 0. The Hall–Kier alpha value is -3.43. The van der Waals surface area contributed by atoms with Gasteiger partial charge in [0.25, 0.3) is 5.91 Å². The number of ketones is 1. The molecule has 2 rings (SSSR count). The monoisotopic (exact) mass is 399 g/mol. The first-order valence-electron chi connectivity index (χ1n) is 7.73. The van der Waals surface area contributed by atoms with E-state index in [0.29, 0.717) is 6.07 Å². The molecule has 28 heavy (non-hydrogen) atoms. The van der Waals surface area contributed by atoms with Crippen LogP contribution in [0.3, 0.4) is 0 Å². The number of alkyl halides is 2. The van der Waals surface area contributed by atoms with Gasteiger partial charge in [0, 0.05) is 11.1 Å². The van der Waals surface area contributed by atoms with Gasteiger partial charge in [0.1, 0.15) is 12.3 Å². The number of ether oxygens (including phenoxy) is 2. The fraction of sp³-hybridized carbons (Fsp3) is 0.167. The lowest BCUT2D eigenvalue weighted by Crippen LogP contribution is -2.31. The van der Waals surface area contributed by atoms with Crippen molar-refractivity contribution in [3.05, 3.63) is 65.2 Å². The molecule has 0 atom stereocenters. The number of esters is 1. The van der Waals surface area contributed by atoms with Crippen molar-refractivity contribution in [2.24, 2.45) is 0 Å². The van der Waals surface area contributed by atoms with E-state index in [1.54, 1.807) is 0 Å². The van der Waals surface area contributed by atoms with E-state index in [9.17, 15) is 31.9 Å². The first-order chi connectivity index (χ1) is 13.3. The zero-order chi connectivity index (χ0) is 20.7. The molecule has 1 amide bonds. The maximum atomic E-state index is 13.1. The van der Waals surface area contributed by atoms with Gasteiger partial charge in [-0.05, 0) is 36.4 Å². The van der Waals surface area contributed by atoms with Gasteiger partial charge in [-0.2, -0.15) is 8.78 Å². The van der Waals surface area contributed by atoms with E-state index < -0.39 is 49.1 Å². The maximum absolute atomic E-state index is 13.1. The molecule has 6 nitrogen and oxygen atoms in total. The first kappa shape index (κ1) is 20.9. The second-order valence-electron chi connectivity index (χ2n) is 5.30. The van der Waals surface area contributed by atoms with E-state index in [-0.39, 0.29) is 16.9 Å². The highest BCUT2D eigenvalue weighted by Crippen LogP contribution is 2.15. The van der Waals surface area contributed by atoms with Crippen LogP contribution in [0, 0.1) is 11.6 Å². The fourth-order valence-electron chi connectivity index (χ4n) is 2.02. The summed E-state index contributed by atoms with van der Waals surface area (Å²) in [4.78, 5) is 35.3. The number of halogens is 4. The van der Waals surface area contributed by atoms with E-state index in [0.717, 1.165) is 18.2 Å². The first-order valence-corrected chi connectivity index (χ1v) is 7.73. The van der Waals surface area contributed by atoms with Crippen molar-refractivity contribution in [1.82, 2.24) is 5.32 Å². The normalized spacial score (nSPS) is 10.5. The van der Waals surface area contributed by atoms with Gasteiger partial charge >= 0.3 is 12.6 Å². The molecule has 1 N–H and O–H groups in total. The summed E-state index contributed by atoms with van der Waals surface area (Å²) in [6.07, 6.45) is 0. The Balaban J connectivity index is 1.82. The second-order valence-corrected chi connectivity index (χ2v) is 5.30. The summed E-state index contributed by atoms with van der Waals surface area (Å²) in [5, 5.41) is 2.18. The molecule has 0 heterocycles. The van der Waals surface area contributed by atoms with Crippen molar-refractivity contribution >= 4 is 17.7 Å². The van der Waals surface area contributed by atoms with Gasteiger partial charge in [-0.1, -0.05) is 6.07 Å². The molecule has 0 aliphatic rings. The van der Waals surface area contributed by atoms with Crippen molar-refractivity contribution in [1.29, 1.82) is 0 Å². The number of Topliss-reactive ketones (excluding diaryl/α,β-unsaturated/α-hetero) is 1. The molecular weight excluding hydrogens is 386 g/mol. The van der Waals surface area contributed by atoms with Crippen molar-refractivity contribution in [2.45, 2.75) is 6.61 Å². The standard InChI is InChI=1S/C18H13F4NO5/c19-13-5-4-10(7-14(13)20)15(24)9-27-16(25)8-23-17(26)11-2-1-3-12(6-11)28-18(21)22/h1-7,18H,8-9H2,(H,23,26). The molecule has 0 spiro atoms. The molecular formula is C18H13F4NO5. The van der Waals surface area contributed by atoms with Gasteiger partial charge < -0.3 is 14.8 Å². The summed E-state index contributed by atoms with van der Waals surface area (Å²) in [5.41, 5.74) is -0.226. The highest BCUT2D eigenvalue weighted by atomic mass is 19.3. The minimum absolute atomic E-state index is 0.0381. The van der Waals surface area contributed by atoms with Crippen molar-refractivity contribution in [2.75, 3.05) is 13.2 Å². The van der Waals surface area contributed by atoms with Gasteiger partial charge in [0.05, 0.1) is 0 Å². The van der Waals surface area contributed by atoms with Gasteiger partial charge in [-0.3, -0.25) is 14.4 Å². The summed E-state index contributed by atoms with van der Waals surface area (Å²) in [6.45, 7) is -4.40. The molecule has 10 heteroatoms. The van der Waals surface area contributed by atoms with Crippen LogP contribution in [0.25, 0.3) is 0 Å². The predicted molar refractivity (Wildman–Crippen MR) is 87.1 cm³/mol. The van der Waals surface area contributed by atoms with E-state index in [2.05, 4.69) is 14.8 Å². The molecule has 0 saturated carbocycles. The van der Waals surface area contributed by atoms with Crippen LogP contribution in [0.1, 0.15) is 20.7 Å². The molecule has 0 unspecified atom stereocenters. The minimum atomic E-state index is -3.06. The third-order valence-electron chi connectivity index (χ3n) is 3.32. The van der Waals surface area contributed by atoms with Crippen LogP contribution in [0.4, 0.5) is 17.6 Å². The van der Waals surface area contributed by atoms with Gasteiger partial charge in [0.2, 0.25) is 0 Å². The average Bonchev–Trinajstić information content (AvgIpc) is 2.66. The summed E-state index contributed by atoms with van der Waals surface area (Å²) >= 11 is 0. The average molecular weight is 399 g/mol. The van der Waals surface area contributed by atoms with Crippen LogP contribution < -0.4 is 10.1 Å². The van der Waals surface area contributed by atoms with Crippen LogP contribution in [-0.2, 0) is 9.53 Å². The van der Waals surface area contributed by atoms with E-state index in [1.807, 2.05) is 0 Å². The number of nitrogens with one attached hydrogen (secondary N) is 1. The summed E-state index contributed by atoms with van der Waals surface area (Å²) in [6, 6.07) is 7.36. The third kappa shape index (κ3) is 6.08. The molecule has 0 aliphatic heterocycles. The van der Waals surface area contributed by atoms with Gasteiger partial charge in [0.15, 0.2) is 24.0 Å². The lowest BCUT2D eigenvalue weighted by molar-refractivity contribution is -0.141.